The first-order valence-corrected chi connectivity index (χ1v) is 8.52. The Labute approximate surface area is 135 Å². The highest BCUT2D eigenvalue weighted by atomic mass is 79.9. The summed E-state index contributed by atoms with van der Waals surface area (Å²) in [4.78, 5) is 0. The normalized spacial score (nSPS) is 16.5. The lowest BCUT2D eigenvalue weighted by Crippen LogP contribution is -2.21. The Morgan fingerprint density at radius 1 is 1.14 bits per heavy atom. The Kier molecular flexibility index (Phi) is 4.46. The number of rotatable bonds is 4. The molecule has 1 aliphatic rings. The van der Waals surface area contributed by atoms with Gasteiger partial charge in [-0.2, -0.15) is 0 Å². The Hall–Kier alpha value is -1.12. The van der Waals surface area contributed by atoms with Crippen LogP contribution in [-0.2, 0) is 0 Å². The number of aryl methyl sites for hydroxylation is 1. The fourth-order valence-electron chi connectivity index (χ4n) is 3.21. The van der Waals surface area contributed by atoms with Crippen LogP contribution in [0, 0.1) is 6.92 Å². The fraction of sp³-hybridized carbons (Fsp3) is 0.368. The summed E-state index contributed by atoms with van der Waals surface area (Å²) in [6, 6.07) is 15.9. The van der Waals surface area contributed by atoms with Crippen LogP contribution in [0.1, 0.15) is 53.5 Å². The zero-order chi connectivity index (χ0) is 14.8. The molecule has 1 aliphatic carbocycles. The van der Waals surface area contributed by atoms with E-state index in [4.69, 9.17) is 0 Å². The minimum atomic E-state index is 0.272. The molecule has 0 saturated heterocycles. The summed E-state index contributed by atoms with van der Waals surface area (Å²) < 4.78 is 1.17. The predicted octanol–water partition coefficient (Wildman–Crippen LogP) is 5.33. The van der Waals surface area contributed by atoms with E-state index in [1.807, 2.05) is 0 Å². The van der Waals surface area contributed by atoms with Crippen LogP contribution < -0.4 is 5.32 Å². The third-order valence-electron chi connectivity index (χ3n) is 4.66. The van der Waals surface area contributed by atoms with E-state index in [9.17, 15) is 0 Å². The molecule has 0 aromatic heterocycles. The molecular weight excluding hydrogens is 322 g/mol. The quantitative estimate of drug-likeness (QED) is 0.790. The lowest BCUT2D eigenvalue weighted by Gasteiger charge is -2.30. The molecule has 2 heteroatoms. The van der Waals surface area contributed by atoms with Gasteiger partial charge in [0.15, 0.2) is 0 Å². The van der Waals surface area contributed by atoms with E-state index in [1.54, 1.807) is 0 Å². The lowest BCUT2D eigenvalue weighted by atomic mass is 9.76. The predicted molar refractivity (Wildman–Crippen MR) is 92.8 cm³/mol. The van der Waals surface area contributed by atoms with Gasteiger partial charge in [-0.3, -0.25) is 0 Å². The van der Waals surface area contributed by atoms with Crippen LogP contribution in [0.2, 0.25) is 0 Å². The third-order valence-corrected chi connectivity index (χ3v) is 5.55. The van der Waals surface area contributed by atoms with Crippen LogP contribution in [-0.4, -0.2) is 7.05 Å². The number of halogens is 1. The molecule has 110 valence electrons. The van der Waals surface area contributed by atoms with Crippen molar-refractivity contribution in [2.24, 2.45) is 0 Å². The van der Waals surface area contributed by atoms with E-state index in [0.717, 1.165) is 5.92 Å². The summed E-state index contributed by atoms with van der Waals surface area (Å²) in [5.41, 5.74) is 5.59. The molecule has 0 bridgehead atoms. The van der Waals surface area contributed by atoms with Gasteiger partial charge in [-0.1, -0.05) is 58.7 Å². The lowest BCUT2D eigenvalue weighted by molar-refractivity contribution is 0.415. The van der Waals surface area contributed by atoms with Gasteiger partial charge in [-0.05, 0) is 61.1 Å². The van der Waals surface area contributed by atoms with Crippen molar-refractivity contribution in [2.75, 3.05) is 7.05 Å². The van der Waals surface area contributed by atoms with Gasteiger partial charge >= 0.3 is 0 Å². The summed E-state index contributed by atoms with van der Waals surface area (Å²) in [6.45, 7) is 2.15. The van der Waals surface area contributed by atoms with Crippen molar-refractivity contribution < 1.29 is 0 Å². The number of hydrogen-bond donors (Lipinski definition) is 1. The molecule has 0 aliphatic heterocycles. The fourth-order valence-corrected chi connectivity index (χ4v) is 3.46. The Morgan fingerprint density at radius 3 is 2.52 bits per heavy atom. The van der Waals surface area contributed by atoms with Crippen molar-refractivity contribution in [3.8, 4) is 0 Å². The van der Waals surface area contributed by atoms with Crippen molar-refractivity contribution in [1.82, 2.24) is 5.32 Å². The SMILES string of the molecule is CNC(c1ccc(Br)c(C)c1)c1ccccc1C1CCC1. The van der Waals surface area contributed by atoms with Crippen molar-refractivity contribution in [3.63, 3.8) is 0 Å². The highest BCUT2D eigenvalue weighted by Gasteiger charge is 2.25. The van der Waals surface area contributed by atoms with E-state index >= 15 is 0 Å². The number of nitrogens with one attached hydrogen (secondary N) is 1. The second-order valence-electron chi connectivity index (χ2n) is 5.99. The molecule has 1 unspecified atom stereocenters. The number of benzene rings is 2. The minimum Gasteiger partial charge on any atom is -0.309 e. The molecule has 2 aromatic rings. The summed E-state index contributed by atoms with van der Waals surface area (Å²) >= 11 is 3.59. The molecule has 1 nitrogen and oxygen atoms in total. The minimum absolute atomic E-state index is 0.272. The average molecular weight is 344 g/mol. The van der Waals surface area contributed by atoms with Gasteiger partial charge < -0.3 is 5.32 Å². The third kappa shape index (κ3) is 2.93. The van der Waals surface area contributed by atoms with E-state index in [1.165, 1.54) is 46.0 Å². The first-order valence-electron chi connectivity index (χ1n) is 7.73. The van der Waals surface area contributed by atoms with E-state index in [2.05, 4.69) is 77.7 Å². The smallest absolute Gasteiger partial charge is 0.0577 e. The van der Waals surface area contributed by atoms with Gasteiger partial charge in [-0.15, -0.1) is 0 Å². The van der Waals surface area contributed by atoms with Crippen LogP contribution in [0.4, 0.5) is 0 Å². The van der Waals surface area contributed by atoms with Gasteiger partial charge in [0.05, 0.1) is 6.04 Å². The molecule has 0 spiro atoms. The topological polar surface area (TPSA) is 12.0 Å². The second-order valence-corrected chi connectivity index (χ2v) is 6.84. The van der Waals surface area contributed by atoms with Crippen LogP contribution >= 0.6 is 15.9 Å². The molecule has 2 aromatic carbocycles. The van der Waals surface area contributed by atoms with E-state index in [-0.39, 0.29) is 6.04 Å². The van der Waals surface area contributed by atoms with Crippen molar-refractivity contribution in [1.29, 1.82) is 0 Å². The number of hydrogen-bond acceptors (Lipinski definition) is 1. The summed E-state index contributed by atoms with van der Waals surface area (Å²) in [7, 11) is 2.06. The van der Waals surface area contributed by atoms with Crippen LogP contribution in [0.5, 0.6) is 0 Å². The monoisotopic (exact) mass is 343 g/mol. The highest BCUT2D eigenvalue weighted by Crippen LogP contribution is 2.40. The first-order chi connectivity index (χ1) is 10.2. The average Bonchev–Trinajstić information content (AvgIpc) is 2.43. The van der Waals surface area contributed by atoms with Gasteiger partial charge in [0, 0.05) is 4.47 Å². The molecular formula is C19H22BrN. The second kappa shape index (κ2) is 6.33. The summed E-state index contributed by atoms with van der Waals surface area (Å²) in [6.07, 6.45) is 4.06. The van der Waals surface area contributed by atoms with Gasteiger partial charge in [-0.25, -0.2) is 0 Å². The summed E-state index contributed by atoms with van der Waals surface area (Å²) in [5, 5.41) is 3.51. The molecule has 3 rings (SSSR count). The largest absolute Gasteiger partial charge is 0.309 e. The van der Waals surface area contributed by atoms with Crippen LogP contribution in [0.3, 0.4) is 0 Å². The first kappa shape index (κ1) is 14.8. The summed E-state index contributed by atoms with van der Waals surface area (Å²) in [5.74, 6) is 0.758. The molecule has 1 saturated carbocycles. The Morgan fingerprint density at radius 2 is 1.90 bits per heavy atom. The standard InChI is InChI=1S/C19H22BrN/c1-13-12-15(10-11-18(13)20)19(21-2)17-9-4-3-8-16(17)14-6-5-7-14/h3-4,8-12,14,19,21H,5-7H2,1-2H3. The molecule has 0 radical (unpaired) electrons. The Bertz CT molecular complexity index is 631. The molecule has 0 heterocycles. The van der Waals surface area contributed by atoms with Crippen LogP contribution in [0.15, 0.2) is 46.9 Å². The maximum Gasteiger partial charge on any atom is 0.0577 e. The van der Waals surface area contributed by atoms with Crippen LogP contribution in [0.25, 0.3) is 0 Å². The van der Waals surface area contributed by atoms with Gasteiger partial charge in [0.1, 0.15) is 0 Å². The van der Waals surface area contributed by atoms with Crippen molar-refractivity contribution in [2.45, 2.75) is 38.1 Å². The maximum absolute atomic E-state index is 3.59. The molecule has 0 amide bonds. The van der Waals surface area contributed by atoms with Gasteiger partial charge in [0.2, 0.25) is 0 Å². The van der Waals surface area contributed by atoms with Gasteiger partial charge in [0.25, 0.3) is 0 Å². The zero-order valence-electron chi connectivity index (χ0n) is 12.7. The molecule has 1 N–H and O–H groups in total. The molecule has 21 heavy (non-hydrogen) atoms. The maximum atomic E-state index is 3.59. The van der Waals surface area contributed by atoms with Crippen molar-refractivity contribution in [3.05, 3.63) is 69.2 Å². The molecule has 1 atom stereocenters. The highest BCUT2D eigenvalue weighted by molar-refractivity contribution is 9.10. The van der Waals surface area contributed by atoms with E-state index in [0.29, 0.717) is 0 Å². The Balaban J connectivity index is 2.01. The van der Waals surface area contributed by atoms with E-state index < -0.39 is 0 Å². The van der Waals surface area contributed by atoms with Crippen molar-refractivity contribution >= 4 is 15.9 Å². The molecule has 1 fully saturated rings. The zero-order valence-corrected chi connectivity index (χ0v) is 14.3.